The van der Waals surface area contributed by atoms with Gasteiger partial charge in [0.05, 0.1) is 17.9 Å². The minimum Gasteiger partial charge on any atom is -0.388 e. The standard InChI is InChI=1S/C20H28BN5O4S/c1-13-11-14-12-22-18(24-20(21)7-9-25(10-8-20)31(3,29)30)23-16(14)26(17(13)27)15-5-4-6-19(15,2)28/h11-12,15,28H,4-10H2,1-3H3,(H,22,23,24)/t15-,19-/m1/s1. The molecular weight excluding hydrogens is 417 g/mol. The van der Waals surface area contributed by atoms with Gasteiger partial charge in [0, 0.05) is 35.7 Å². The number of aliphatic hydroxyl groups is 1. The first-order chi connectivity index (χ1) is 14.4. The Bertz CT molecular complexity index is 1170. The predicted octanol–water partition coefficient (Wildman–Crippen LogP) is 0.908. The Labute approximate surface area is 183 Å². The molecule has 31 heavy (non-hydrogen) atoms. The zero-order valence-corrected chi connectivity index (χ0v) is 18.9. The molecule has 1 aliphatic carbocycles. The zero-order valence-electron chi connectivity index (χ0n) is 18.1. The second-order valence-electron chi connectivity index (χ2n) is 9.18. The lowest BCUT2D eigenvalue weighted by Crippen LogP contribution is -2.51. The van der Waals surface area contributed by atoms with Crippen LogP contribution in [0.5, 0.6) is 0 Å². The summed E-state index contributed by atoms with van der Waals surface area (Å²) in [4.78, 5) is 22.0. The van der Waals surface area contributed by atoms with Gasteiger partial charge in [0.2, 0.25) is 16.0 Å². The van der Waals surface area contributed by atoms with Gasteiger partial charge in [0.1, 0.15) is 13.5 Å². The smallest absolute Gasteiger partial charge is 0.255 e. The van der Waals surface area contributed by atoms with Crippen molar-refractivity contribution in [3.63, 3.8) is 0 Å². The van der Waals surface area contributed by atoms with E-state index in [1.807, 2.05) is 0 Å². The van der Waals surface area contributed by atoms with Gasteiger partial charge in [0.15, 0.2) is 0 Å². The number of aryl methyl sites for hydroxylation is 1. The quantitative estimate of drug-likeness (QED) is 0.672. The second kappa shape index (κ2) is 7.56. The fourth-order valence-electron chi connectivity index (χ4n) is 4.71. The number of aromatic nitrogens is 3. The number of piperidine rings is 1. The SMILES string of the molecule is [B]C1(Nc2ncc3cc(C)c(=O)n([C@@H]4CCC[C@@]4(C)O)c3n2)CCN(S(C)(=O)=O)CC1. The van der Waals surface area contributed by atoms with E-state index < -0.39 is 21.1 Å². The normalized spacial score (nSPS) is 26.9. The summed E-state index contributed by atoms with van der Waals surface area (Å²) in [5.74, 6) is 0.275. The van der Waals surface area contributed by atoms with Gasteiger partial charge in [-0.25, -0.2) is 17.7 Å². The highest BCUT2D eigenvalue weighted by molar-refractivity contribution is 7.88. The second-order valence-corrected chi connectivity index (χ2v) is 11.2. The molecule has 2 aliphatic rings. The van der Waals surface area contributed by atoms with E-state index >= 15 is 0 Å². The van der Waals surface area contributed by atoms with E-state index in [2.05, 4.69) is 15.3 Å². The lowest BCUT2D eigenvalue weighted by atomic mass is 9.71. The Morgan fingerprint density at radius 2 is 1.97 bits per heavy atom. The summed E-state index contributed by atoms with van der Waals surface area (Å²) >= 11 is 0. The van der Waals surface area contributed by atoms with E-state index in [9.17, 15) is 18.3 Å². The van der Waals surface area contributed by atoms with Crippen LogP contribution >= 0.6 is 0 Å². The molecule has 11 heteroatoms. The highest BCUT2D eigenvalue weighted by Crippen LogP contribution is 2.39. The minimum atomic E-state index is -3.26. The molecule has 0 aromatic carbocycles. The molecule has 2 fully saturated rings. The average Bonchev–Trinajstić information content (AvgIpc) is 3.01. The van der Waals surface area contributed by atoms with Crippen LogP contribution in [0.15, 0.2) is 17.1 Å². The third kappa shape index (κ3) is 4.23. The molecule has 1 saturated carbocycles. The molecule has 1 saturated heterocycles. The van der Waals surface area contributed by atoms with Gasteiger partial charge >= 0.3 is 0 Å². The number of hydrogen-bond acceptors (Lipinski definition) is 7. The van der Waals surface area contributed by atoms with E-state index in [1.165, 1.54) is 10.6 Å². The number of fused-ring (bicyclic) bond motifs is 1. The lowest BCUT2D eigenvalue weighted by molar-refractivity contribution is 0.0266. The molecule has 0 bridgehead atoms. The average molecular weight is 445 g/mol. The van der Waals surface area contributed by atoms with Crippen molar-refractivity contribution < 1.29 is 13.5 Å². The molecule has 3 heterocycles. The Kier molecular flexibility index (Phi) is 5.42. The summed E-state index contributed by atoms with van der Waals surface area (Å²) in [5.41, 5.74) is -0.992. The Balaban J connectivity index is 1.69. The van der Waals surface area contributed by atoms with Crippen molar-refractivity contribution in [1.29, 1.82) is 0 Å². The Hall–Kier alpha value is -1.98. The van der Waals surface area contributed by atoms with Crippen molar-refractivity contribution in [2.24, 2.45) is 0 Å². The molecular formula is C20H28BN5O4S. The summed E-state index contributed by atoms with van der Waals surface area (Å²) in [5, 5.41) is 14.7. The molecule has 2 aromatic heterocycles. The van der Waals surface area contributed by atoms with E-state index in [-0.39, 0.29) is 17.5 Å². The number of hydrogen-bond donors (Lipinski definition) is 2. The van der Waals surface area contributed by atoms with Crippen molar-refractivity contribution in [2.45, 2.75) is 63.0 Å². The fraction of sp³-hybridized carbons (Fsp3) is 0.650. The van der Waals surface area contributed by atoms with Crippen molar-refractivity contribution in [3.8, 4) is 0 Å². The van der Waals surface area contributed by atoms with E-state index in [0.29, 0.717) is 55.4 Å². The van der Waals surface area contributed by atoms with Crippen LogP contribution in [0.25, 0.3) is 11.0 Å². The largest absolute Gasteiger partial charge is 0.388 e. The summed E-state index contributed by atoms with van der Waals surface area (Å²) in [6.07, 6.45) is 5.79. The molecule has 2 atom stereocenters. The van der Waals surface area contributed by atoms with Crippen LogP contribution in [0, 0.1) is 6.92 Å². The van der Waals surface area contributed by atoms with E-state index in [4.69, 9.17) is 7.85 Å². The molecule has 2 N–H and O–H groups in total. The van der Waals surface area contributed by atoms with E-state index in [1.54, 1.807) is 30.7 Å². The third-order valence-electron chi connectivity index (χ3n) is 6.59. The van der Waals surface area contributed by atoms with Crippen LogP contribution in [-0.2, 0) is 10.0 Å². The van der Waals surface area contributed by atoms with Crippen LogP contribution in [0.4, 0.5) is 5.95 Å². The van der Waals surface area contributed by atoms with Crippen molar-refractivity contribution in [2.75, 3.05) is 24.7 Å². The topological polar surface area (TPSA) is 117 Å². The van der Waals surface area contributed by atoms with Gasteiger partial charge in [-0.2, -0.15) is 4.98 Å². The monoisotopic (exact) mass is 445 g/mol. The van der Waals surface area contributed by atoms with Gasteiger partial charge in [0.25, 0.3) is 5.56 Å². The molecule has 1 aliphatic heterocycles. The molecule has 2 radical (unpaired) electrons. The number of anilines is 1. The minimum absolute atomic E-state index is 0.173. The van der Waals surface area contributed by atoms with Gasteiger partial charge in [-0.3, -0.25) is 9.36 Å². The highest BCUT2D eigenvalue weighted by Gasteiger charge is 2.40. The third-order valence-corrected chi connectivity index (χ3v) is 7.89. The van der Waals surface area contributed by atoms with Crippen molar-refractivity contribution >= 4 is 34.9 Å². The molecule has 0 spiro atoms. The van der Waals surface area contributed by atoms with Crippen LogP contribution in [-0.4, -0.2) is 70.6 Å². The predicted molar refractivity (Wildman–Crippen MR) is 120 cm³/mol. The fourth-order valence-corrected chi connectivity index (χ4v) is 5.56. The van der Waals surface area contributed by atoms with Gasteiger partial charge in [-0.1, -0.05) is 0 Å². The Morgan fingerprint density at radius 1 is 1.29 bits per heavy atom. The molecule has 0 unspecified atom stereocenters. The van der Waals surface area contributed by atoms with Gasteiger partial charge < -0.3 is 10.4 Å². The summed E-state index contributed by atoms with van der Waals surface area (Å²) in [7, 11) is 3.22. The van der Waals surface area contributed by atoms with Crippen LogP contribution in [0.3, 0.4) is 0 Å². The van der Waals surface area contributed by atoms with Crippen LogP contribution in [0.2, 0.25) is 0 Å². The van der Waals surface area contributed by atoms with E-state index in [0.717, 1.165) is 6.42 Å². The Morgan fingerprint density at radius 3 is 2.55 bits per heavy atom. The maximum absolute atomic E-state index is 13.0. The highest BCUT2D eigenvalue weighted by atomic mass is 32.2. The van der Waals surface area contributed by atoms with Crippen molar-refractivity contribution in [3.05, 3.63) is 28.2 Å². The number of pyridine rings is 1. The summed E-state index contributed by atoms with van der Waals surface area (Å²) in [6, 6.07) is 1.39. The molecule has 2 aromatic rings. The maximum Gasteiger partial charge on any atom is 0.255 e. The first-order valence-corrected chi connectivity index (χ1v) is 12.4. The lowest BCUT2D eigenvalue weighted by Gasteiger charge is -2.39. The summed E-state index contributed by atoms with van der Waals surface area (Å²) < 4.78 is 26.5. The molecule has 166 valence electrons. The zero-order chi connectivity index (χ0) is 22.6. The number of rotatable bonds is 4. The van der Waals surface area contributed by atoms with Crippen LogP contribution < -0.4 is 10.9 Å². The first-order valence-electron chi connectivity index (χ1n) is 10.5. The molecule has 9 nitrogen and oxygen atoms in total. The number of nitrogens with zero attached hydrogens (tertiary/aromatic N) is 4. The number of nitrogens with one attached hydrogen (secondary N) is 1. The maximum atomic E-state index is 13.0. The number of sulfonamides is 1. The van der Waals surface area contributed by atoms with Crippen LogP contribution in [0.1, 0.15) is 50.6 Å². The van der Waals surface area contributed by atoms with Crippen molar-refractivity contribution in [1.82, 2.24) is 18.8 Å². The first kappa shape index (κ1) is 22.2. The molecule has 4 rings (SSSR count). The van der Waals surface area contributed by atoms with Gasteiger partial charge in [-0.05, 0) is 52.0 Å². The van der Waals surface area contributed by atoms with Gasteiger partial charge in [-0.15, -0.1) is 0 Å². The summed E-state index contributed by atoms with van der Waals surface area (Å²) in [6.45, 7) is 4.13. The molecule has 0 amide bonds.